The lowest BCUT2D eigenvalue weighted by atomic mass is 10.2. The Hall–Kier alpha value is -0.820. The highest BCUT2D eigenvalue weighted by molar-refractivity contribution is 14.0. The van der Waals surface area contributed by atoms with Crippen molar-refractivity contribution in [1.82, 2.24) is 5.32 Å². The first kappa shape index (κ1) is 19.2. The lowest BCUT2D eigenvalue weighted by Gasteiger charge is -2.06. The molecule has 5 heteroatoms. The van der Waals surface area contributed by atoms with E-state index in [1.807, 2.05) is 18.2 Å². The molecule has 0 aliphatic heterocycles. The minimum absolute atomic E-state index is 0. The quantitative estimate of drug-likeness (QED) is 0.295. The van der Waals surface area contributed by atoms with E-state index >= 15 is 0 Å². The third kappa shape index (κ3) is 10.0. The minimum Gasteiger partial charge on any atom is -0.377 e. The van der Waals surface area contributed by atoms with Gasteiger partial charge in [-0.2, -0.15) is 0 Å². The van der Waals surface area contributed by atoms with E-state index in [-0.39, 0.29) is 24.0 Å². The summed E-state index contributed by atoms with van der Waals surface area (Å²) in [7, 11) is 0. The van der Waals surface area contributed by atoms with Crippen LogP contribution in [0.1, 0.15) is 31.7 Å². The van der Waals surface area contributed by atoms with Gasteiger partial charge in [-0.15, -0.1) is 24.0 Å². The Bertz CT molecular complexity index is 357. The Labute approximate surface area is 139 Å². The summed E-state index contributed by atoms with van der Waals surface area (Å²) < 4.78 is 5.60. The highest BCUT2D eigenvalue weighted by atomic mass is 127. The summed E-state index contributed by atoms with van der Waals surface area (Å²) in [6.07, 6.45) is 3.09. The number of nitrogens with two attached hydrogens (primary N) is 1. The van der Waals surface area contributed by atoms with Crippen molar-refractivity contribution in [3.05, 3.63) is 35.9 Å². The second-order valence-electron chi connectivity index (χ2n) is 4.44. The maximum atomic E-state index is 5.68. The number of nitrogens with one attached hydrogen (secondary N) is 1. The topological polar surface area (TPSA) is 59.6 Å². The summed E-state index contributed by atoms with van der Waals surface area (Å²) in [5.41, 5.74) is 6.90. The number of hydrogen-bond acceptors (Lipinski definition) is 2. The van der Waals surface area contributed by atoms with Crippen LogP contribution in [0.15, 0.2) is 35.3 Å². The zero-order valence-electron chi connectivity index (χ0n) is 12.2. The van der Waals surface area contributed by atoms with E-state index in [2.05, 4.69) is 29.4 Å². The third-order valence-corrected chi connectivity index (χ3v) is 2.64. The van der Waals surface area contributed by atoms with Crippen LogP contribution in [0.4, 0.5) is 0 Å². The molecule has 0 aromatic heterocycles. The lowest BCUT2D eigenvalue weighted by molar-refractivity contribution is 0.117. The number of guanidine groups is 1. The zero-order chi connectivity index (χ0) is 13.8. The number of benzene rings is 1. The van der Waals surface area contributed by atoms with E-state index in [1.165, 1.54) is 5.56 Å². The maximum Gasteiger partial charge on any atom is 0.188 e. The molecule has 20 heavy (non-hydrogen) atoms. The Kier molecular flexibility index (Phi) is 12.6. The molecule has 0 atom stereocenters. The van der Waals surface area contributed by atoms with Crippen molar-refractivity contribution < 1.29 is 4.74 Å². The Balaban J connectivity index is 0.00000361. The van der Waals surface area contributed by atoms with E-state index < -0.39 is 0 Å². The molecule has 0 unspecified atom stereocenters. The van der Waals surface area contributed by atoms with Gasteiger partial charge in [0.1, 0.15) is 0 Å². The summed E-state index contributed by atoms with van der Waals surface area (Å²) in [6.45, 7) is 5.20. The molecule has 1 rings (SSSR count). The second kappa shape index (κ2) is 13.2. The van der Waals surface area contributed by atoms with Crippen LogP contribution in [-0.2, 0) is 11.3 Å². The number of hydrogen-bond donors (Lipinski definition) is 2. The molecule has 1 aromatic carbocycles. The zero-order valence-corrected chi connectivity index (χ0v) is 14.5. The molecule has 0 heterocycles. The molecule has 0 aliphatic rings. The fraction of sp³-hybridized carbons (Fsp3) is 0.533. The van der Waals surface area contributed by atoms with Gasteiger partial charge in [0, 0.05) is 19.7 Å². The maximum absolute atomic E-state index is 5.68. The van der Waals surface area contributed by atoms with Gasteiger partial charge < -0.3 is 15.8 Å². The van der Waals surface area contributed by atoms with E-state index in [4.69, 9.17) is 10.5 Å². The van der Waals surface area contributed by atoms with Crippen LogP contribution in [0.2, 0.25) is 0 Å². The van der Waals surface area contributed by atoms with Gasteiger partial charge in [0.2, 0.25) is 0 Å². The van der Waals surface area contributed by atoms with E-state index in [0.29, 0.717) is 12.6 Å². The number of aliphatic imine (C=N–C) groups is 1. The summed E-state index contributed by atoms with van der Waals surface area (Å²) in [5.74, 6) is 0.548. The van der Waals surface area contributed by atoms with Crippen molar-refractivity contribution in [2.24, 2.45) is 10.7 Å². The van der Waals surface area contributed by atoms with Gasteiger partial charge in [-0.3, -0.25) is 4.99 Å². The average Bonchev–Trinajstić information content (AvgIpc) is 2.45. The number of unbranched alkanes of at least 4 members (excludes halogenated alkanes) is 1. The van der Waals surface area contributed by atoms with E-state index in [0.717, 1.165) is 39.0 Å². The SMILES string of the molecule is CCCN=C(N)NCCCCOCc1ccccc1.I. The summed E-state index contributed by atoms with van der Waals surface area (Å²) >= 11 is 0. The van der Waals surface area contributed by atoms with Gasteiger partial charge in [0.05, 0.1) is 6.61 Å². The Morgan fingerprint density at radius 3 is 2.70 bits per heavy atom. The predicted molar refractivity (Wildman–Crippen MR) is 95.5 cm³/mol. The normalized spacial score (nSPS) is 10.9. The molecule has 1 aromatic rings. The first-order valence-electron chi connectivity index (χ1n) is 6.98. The molecular weight excluding hydrogens is 365 g/mol. The van der Waals surface area contributed by atoms with Gasteiger partial charge in [-0.1, -0.05) is 37.3 Å². The first-order valence-corrected chi connectivity index (χ1v) is 6.98. The number of halogens is 1. The fourth-order valence-electron chi connectivity index (χ4n) is 1.60. The molecule has 114 valence electrons. The minimum atomic E-state index is 0. The van der Waals surface area contributed by atoms with Crippen molar-refractivity contribution >= 4 is 29.9 Å². The summed E-state index contributed by atoms with van der Waals surface area (Å²) in [4.78, 5) is 4.17. The first-order chi connectivity index (χ1) is 9.33. The molecule has 4 nitrogen and oxygen atoms in total. The van der Waals surface area contributed by atoms with Gasteiger partial charge in [0.25, 0.3) is 0 Å². The molecule has 0 bridgehead atoms. The van der Waals surface area contributed by atoms with Crippen LogP contribution in [0.25, 0.3) is 0 Å². The monoisotopic (exact) mass is 391 g/mol. The van der Waals surface area contributed by atoms with Crippen LogP contribution < -0.4 is 11.1 Å². The summed E-state index contributed by atoms with van der Waals surface area (Å²) in [5, 5.41) is 3.10. The Morgan fingerprint density at radius 1 is 1.25 bits per heavy atom. The lowest BCUT2D eigenvalue weighted by Crippen LogP contribution is -2.32. The summed E-state index contributed by atoms with van der Waals surface area (Å²) in [6, 6.07) is 10.2. The van der Waals surface area contributed by atoms with Crippen LogP contribution in [0.5, 0.6) is 0 Å². The van der Waals surface area contributed by atoms with Crippen molar-refractivity contribution in [3.63, 3.8) is 0 Å². The molecule has 0 saturated heterocycles. The molecule has 0 amide bonds. The molecular formula is C15H26IN3O. The largest absolute Gasteiger partial charge is 0.377 e. The van der Waals surface area contributed by atoms with Crippen LogP contribution in [0.3, 0.4) is 0 Å². The van der Waals surface area contributed by atoms with Gasteiger partial charge in [-0.05, 0) is 24.8 Å². The van der Waals surface area contributed by atoms with Crippen molar-refractivity contribution in [1.29, 1.82) is 0 Å². The van der Waals surface area contributed by atoms with Crippen molar-refractivity contribution in [2.45, 2.75) is 32.8 Å². The van der Waals surface area contributed by atoms with E-state index in [1.54, 1.807) is 0 Å². The smallest absolute Gasteiger partial charge is 0.188 e. The average molecular weight is 391 g/mol. The van der Waals surface area contributed by atoms with Gasteiger partial charge >= 0.3 is 0 Å². The second-order valence-corrected chi connectivity index (χ2v) is 4.44. The predicted octanol–water partition coefficient (Wildman–Crippen LogP) is 2.92. The molecule has 0 aliphatic carbocycles. The van der Waals surface area contributed by atoms with Crippen LogP contribution in [-0.4, -0.2) is 25.7 Å². The number of nitrogens with zero attached hydrogens (tertiary/aromatic N) is 1. The molecule has 0 radical (unpaired) electrons. The molecule has 0 spiro atoms. The highest BCUT2D eigenvalue weighted by Gasteiger charge is 1.94. The Morgan fingerprint density at radius 2 is 2.00 bits per heavy atom. The number of rotatable bonds is 9. The molecule has 3 N–H and O–H groups in total. The van der Waals surface area contributed by atoms with Crippen molar-refractivity contribution in [2.75, 3.05) is 19.7 Å². The van der Waals surface area contributed by atoms with E-state index in [9.17, 15) is 0 Å². The van der Waals surface area contributed by atoms with Crippen molar-refractivity contribution in [3.8, 4) is 0 Å². The van der Waals surface area contributed by atoms with Gasteiger partial charge in [0.15, 0.2) is 5.96 Å². The molecule has 0 fully saturated rings. The fourth-order valence-corrected chi connectivity index (χ4v) is 1.60. The van der Waals surface area contributed by atoms with Crippen LogP contribution in [0, 0.1) is 0 Å². The number of ether oxygens (including phenoxy) is 1. The highest BCUT2D eigenvalue weighted by Crippen LogP contribution is 2.01. The third-order valence-electron chi connectivity index (χ3n) is 2.64. The standard InChI is InChI=1S/C15H25N3O.HI/c1-2-10-17-15(16)18-11-6-7-12-19-13-14-8-4-3-5-9-14;/h3-5,8-9H,2,6-7,10-13H2,1H3,(H3,16,17,18);1H. The molecule has 0 saturated carbocycles. The van der Waals surface area contributed by atoms with Gasteiger partial charge in [-0.25, -0.2) is 0 Å². The van der Waals surface area contributed by atoms with Crippen LogP contribution >= 0.6 is 24.0 Å².